The van der Waals surface area contributed by atoms with Crippen molar-refractivity contribution in [2.45, 2.75) is 68.0 Å². The largest absolute Gasteiger partial charge is 0.508 e. The van der Waals surface area contributed by atoms with Gasteiger partial charge in [0.2, 0.25) is 12.2 Å². The number of carboxylic acids is 1. The lowest BCUT2D eigenvalue weighted by Crippen LogP contribution is -2.65. The first-order valence-electron chi connectivity index (χ1n) is 16.3. The molecule has 260 valence electrons. The van der Waals surface area contributed by atoms with Crippen LogP contribution in [0.15, 0.2) is 97.1 Å². The zero-order chi connectivity index (χ0) is 35.4. The summed E-state index contributed by atoms with van der Waals surface area (Å²) in [5, 5.41) is 63.0. The van der Waals surface area contributed by atoms with Crippen molar-refractivity contribution >= 4 is 17.6 Å². The summed E-state index contributed by atoms with van der Waals surface area (Å²) in [6.07, 6.45) is -7.43. The maximum absolute atomic E-state index is 14.0. The number of aliphatic hydroxyl groups is 4. The molecule has 2 aliphatic heterocycles. The monoisotopic (exact) mass is 685 g/mol. The number of phenolic OH excluding ortho intramolecular Hbond substituents is 1. The smallest absolute Gasteiger partial charge is 0.335 e. The second-order valence-corrected chi connectivity index (χ2v) is 13.3. The molecular formula is C38H36FNO10. The SMILES string of the molecule is O=C(O)C1O[C@@H](Oc2cccc(-c3ccc([C@H]4N(c5ccc(F)cc5)C(=O)C45CCC(O)(c4ccccc4)CC5)c(O)c3)c2)[C@@H](O)C(O)[C@@H]1O. The molecule has 2 heterocycles. The fourth-order valence-corrected chi connectivity index (χ4v) is 7.58. The van der Waals surface area contributed by atoms with Gasteiger partial charge in [-0.2, -0.15) is 0 Å². The summed E-state index contributed by atoms with van der Waals surface area (Å²) in [6, 6.07) is 25.9. The van der Waals surface area contributed by atoms with Crippen molar-refractivity contribution in [3.63, 3.8) is 0 Å². The topological polar surface area (TPSA) is 177 Å². The molecule has 2 saturated heterocycles. The van der Waals surface area contributed by atoms with E-state index >= 15 is 0 Å². The number of hydrogen-bond donors (Lipinski definition) is 6. The number of amides is 1. The minimum absolute atomic E-state index is 0.0888. The minimum Gasteiger partial charge on any atom is -0.508 e. The molecular weight excluding hydrogens is 649 g/mol. The molecule has 0 radical (unpaired) electrons. The van der Waals surface area contributed by atoms with E-state index in [1.54, 1.807) is 41.3 Å². The lowest BCUT2D eigenvalue weighted by atomic mass is 9.56. The number of carboxylic acid groups (broad SMARTS) is 1. The van der Waals surface area contributed by atoms with Crippen molar-refractivity contribution in [3.05, 3.63) is 114 Å². The third-order valence-electron chi connectivity index (χ3n) is 10.4. The number of ether oxygens (including phenoxy) is 2. The second kappa shape index (κ2) is 12.8. The molecule has 4 aromatic carbocycles. The number of benzene rings is 4. The number of aromatic hydroxyl groups is 1. The van der Waals surface area contributed by atoms with E-state index in [4.69, 9.17) is 9.47 Å². The van der Waals surface area contributed by atoms with Gasteiger partial charge in [-0.1, -0.05) is 54.6 Å². The average Bonchev–Trinajstić information content (AvgIpc) is 3.12. The quantitative estimate of drug-likeness (QED) is 0.156. The van der Waals surface area contributed by atoms with Crippen LogP contribution in [-0.2, 0) is 19.9 Å². The normalized spacial score (nSPS) is 30.9. The van der Waals surface area contributed by atoms with E-state index in [2.05, 4.69) is 0 Å². The van der Waals surface area contributed by atoms with E-state index in [1.165, 1.54) is 30.3 Å². The molecule has 1 amide bonds. The number of hydrogen-bond acceptors (Lipinski definition) is 9. The van der Waals surface area contributed by atoms with Crippen molar-refractivity contribution in [1.29, 1.82) is 0 Å². The van der Waals surface area contributed by atoms with Gasteiger partial charge in [-0.25, -0.2) is 9.18 Å². The molecule has 2 unspecified atom stereocenters. The van der Waals surface area contributed by atoms with Crippen molar-refractivity contribution in [3.8, 4) is 22.6 Å². The van der Waals surface area contributed by atoms with Crippen molar-refractivity contribution < 1.29 is 54.1 Å². The van der Waals surface area contributed by atoms with Crippen LogP contribution in [-0.4, -0.2) is 73.2 Å². The van der Waals surface area contributed by atoms with Crippen LogP contribution in [0.4, 0.5) is 10.1 Å². The molecule has 3 fully saturated rings. The predicted molar refractivity (Wildman–Crippen MR) is 176 cm³/mol. The average molecular weight is 686 g/mol. The van der Waals surface area contributed by atoms with E-state index < -0.39 is 59.6 Å². The number of β-lactam (4-membered cyclic amide) rings is 1. The summed E-state index contributed by atoms with van der Waals surface area (Å²) < 4.78 is 24.8. The van der Waals surface area contributed by atoms with E-state index in [0.717, 1.165) is 5.56 Å². The fraction of sp³-hybridized carbons (Fsp3) is 0.316. The molecule has 12 heteroatoms. The number of halogens is 1. The van der Waals surface area contributed by atoms with Crippen molar-refractivity contribution in [2.24, 2.45) is 5.41 Å². The van der Waals surface area contributed by atoms with Crippen LogP contribution in [0.25, 0.3) is 11.1 Å². The molecule has 3 aliphatic rings. The summed E-state index contributed by atoms with van der Waals surface area (Å²) in [4.78, 5) is 27.1. The van der Waals surface area contributed by atoms with Gasteiger partial charge in [0.1, 0.15) is 35.6 Å². The lowest BCUT2D eigenvalue weighted by Gasteiger charge is -2.59. The number of carbonyl (C=O) groups is 2. The first-order valence-corrected chi connectivity index (χ1v) is 16.3. The molecule has 0 aromatic heterocycles. The zero-order valence-corrected chi connectivity index (χ0v) is 26.7. The van der Waals surface area contributed by atoms with Gasteiger partial charge >= 0.3 is 5.97 Å². The summed E-state index contributed by atoms with van der Waals surface area (Å²) in [5.41, 5.74) is 0.890. The summed E-state index contributed by atoms with van der Waals surface area (Å²) in [5.74, 6) is -2.07. The molecule has 11 nitrogen and oxygen atoms in total. The number of carbonyl (C=O) groups excluding carboxylic acids is 1. The van der Waals surface area contributed by atoms with Crippen LogP contribution in [0.2, 0.25) is 0 Å². The van der Waals surface area contributed by atoms with Crippen LogP contribution in [0.5, 0.6) is 11.5 Å². The molecule has 7 rings (SSSR count). The molecule has 50 heavy (non-hydrogen) atoms. The van der Waals surface area contributed by atoms with Gasteiger partial charge in [-0.3, -0.25) is 4.79 Å². The van der Waals surface area contributed by atoms with Crippen LogP contribution < -0.4 is 9.64 Å². The fourth-order valence-electron chi connectivity index (χ4n) is 7.58. The Morgan fingerprint density at radius 1 is 0.820 bits per heavy atom. The van der Waals surface area contributed by atoms with E-state index in [0.29, 0.717) is 48.1 Å². The Kier molecular flexibility index (Phi) is 8.61. The Hall–Kier alpha value is -4.85. The first-order chi connectivity index (χ1) is 23.9. The predicted octanol–water partition coefficient (Wildman–Crippen LogP) is 4.01. The maximum Gasteiger partial charge on any atom is 0.335 e. The van der Waals surface area contributed by atoms with Gasteiger partial charge < -0.3 is 45.0 Å². The van der Waals surface area contributed by atoms with Crippen LogP contribution in [0, 0.1) is 11.2 Å². The number of aliphatic hydroxyl groups excluding tert-OH is 3. The molecule has 1 aliphatic carbocycles. The number of phenols is 1. The highest BCUT2D eigenvalue weighted by Gasteiger charge is 2.64. The second-order valence-electron chi connectivity index (χ2n) is 13.3. The van der Waals surface area contributed by atoms with Gasteiger partial charge in [0.15, 0.2) is 6.10 Å². The molecule has 0 bridgehead atoms. The number of nitrogens with zero attached hydrogens (tertiary/aromatic N) is 1. The first kappa shape index (κ1) is 33.6. The Bertz CT molecular complexity index is 1900. The minimum atomic E-state index is -1.86. The Labute approximate surface area is 286 Å². The van der Waals surface area contributed by atoms with E-state index in [1.807, 2.05) is 30.3 Å². The Morgan fingerprint density at radius 3 is 2.16 bits per heavy atom. The maximum atomic E-state index is 14.0. The van der Waals surface area contributed by atoms with Gasteiger partial charge in [0.25, 0.3) is 0 Å². The van der Waals surface area contributed by atoms with Gasteiger partial charge in [0.05, 0.1) is 17.1 Å². The van der Waals surface area contributed by atoms with Gasteiger partial charge in [-0.05, 0) is 84.8 Å². The third kappa shape index (κ3) is 5.68. The molecule has 4 aromatic rings. The summed E-state index contributed by atoms with van der Waals surface area (Å²) >= 11 is 0. The van der Waals surface area contributed by atoms with Gasteiger partial charge in [-0.15, -0.1) is 0 Å². The summed E-state index contributed by atoms with van der Waals surface area (Å²) in [7, 11) is 0. The lowest BCUT2D eigenvalue weighted by molar-refractivity contribution is -0.271. The van der Waals surface area contributed by atoms with Gasteiger partial charge in [0, 0.05) is 11.3 Å². The third-order valence-corrected chi connectivity index (χ3v) is 10.4. The molecule has 1 spiro atoms. The molecule has 1 saturated carbocycles. The van der Waals surface area contributed by atoms with Crippen molar-refractivity contribution in [1.82, 2.24) is 0 Å². The highest BCUT2D eigenvalue weighted by molar-refractivity contribution is 6.06. The van der Waals surface area contributed by atoms with E-state index in [-0.39, 0.29) is 17.4 Å². The van der Waals surface area contributed by atoms with Crippen LogP contribution >= 0.6 is 0 Å². The highest BCUT2D eigenvalue weighted by atomic mass is 19.1. The number of rotatable bonds is 7. The number of aliphatic carboxylic acids is 1. The molecule has 6 atom stereocenters. The van der Waals surface area contributed by atoms with Crippen LogP contribution in [0.3, 0.4) is 0 Å². The highest BCUT2D eigenvalue weighted by Crippen LogP contribution is 2.62. The van der Waals surface area contributed by atoms with Crippen molar-refractivity contribution in [2.75, 3.05) is 4.90 Å². The number of anilines is 1. The molecule has 6 N–H and O–H groups in total. The Balaban J connectivity index is 1.17. The standard InChI is InChI=1S/C38H36FNO10/c39-24-10-12-25(13-11-24)40-33(37(36(40)47)15-17-38(48,18-16-37)23-6-2-1-3-7-23)27-14-9-22(20-28(27)41)21-5-4-8-26(19-21)49-35-31(44)29(42)30(43)32(50-35)34(45)46/h1-14,19-20,29-33,35,41-44,48H,15-18H2,(H,45,46)/t29?,30-,31-,32?,33+,35+,37?,38?/m0/s1. The Morgan fingerprint density at radius 2 is 1.50 bits per heavy atom. The zero-order valence-electron chi connectivity index (χ0n) is 26.7. The summed E-state index contributed by atoms with van der Waals surface area (Å²) in [6.45, 7) is 0. The van der Waals surface area contributed by atoms with Crippen LogP contribution in [0.1, 0.15) is 42.9 Å². The van der Waals surface area contributed by atoms with E-state index in [9.17, 15) is 44.6 Å².